The Morgan fingerprint density at radius 1 is 1.03 bits per heavy atom. The second kappa shape index (κ2) is 8.73. The van der Waals surface area contributed by atoms with Crippen LogP contribution in [0.3, 0.4) is 0 Å². The van der Waals surface area contributed by atoms with Gasteiger partial charge in [-0.1, -0.05) is 57.5 Å². The van der Waals surface area contributed by atoms with Gasteiger partial charge < -0.3 is 5.11 Å². The summed E-state index contributed by atoms with van der Waals surface area (Å²) in [6.07, 6.45) is 1.79. The molecule has 0 fully saturated rings. The van der Waals surface area contributed by atoms with E-state index in [0.717, 1.165) is 23.0 Å². The summed E-state index contributed by atoms with van der Waals surface area (Å²) in [6.45, 7) is 6.69. The third-order valence-corrected chi connectivity index (χ3v) is 5.86. The van der Waals surface area contributed by atoms with E-state index in [9.17, 15) is 19.5 Å². The lowest BCUT2D eigenvalue weighted by molar-refractivity contribution is 0.433. The van der Waals surface area contributed by atoms with Crippen LogP contribution in [-0.4, -0.2) is 28.2 Å². The number of nitrogens with zero attached hydrogens (tertiary/aromatic N) is 5. The van der Waals surface area contributed by atoms with Gasteiger partial charge in [-0.05, 0) is 17.9 Å². The number of benzene rings is 1. The summed E-state index contributed by atoms with van der Waals surface area (Å²) in [5.74, 6) is -0.0309. The molecule has 4 rings (SSSR count). The van der Waals surface area contributed by atoms with Crippen molar-refractivity contribution in [2.75, 3.05) is 0 Å². The fraction of sp³-hybridized carbons (Fsp3) is 0.417. The van der Waals surface area contributed by atoms with E-state index in [0.29, 0.717) is 13.1 Å². The van der Waals surface area contributed by atoms with Gasteiger partial charge in [0.1, 0.15) is 0 Å². The van der Waals surface area contributed by atoms with Crippen molar-refractivity contribution in [2.45, 2.75) is 53.1 Å². The van der Waals surface area contributed by atoms with Crippen LogP contribution in [0, 0.1) is 5.92 Å². The van der Waals surface area contributed by atoms with E-state index in [1.807, 2.05) is 51.1 Å². The lowest BCUT2D eigenvalue weighted by Gasteiger charge is -2.13. The average molecular weight is 452 g/mol. The van der Waals surface area contributed by atoms with E-state index in [1.165, 1.54) is 20.6 Å². The van der Waals surface area contributed by atoms with Gasteiger partial charge in [-0.3, -0.25) is 23.3 Å². The maximum Gasteiger partial charge on any atom is 0.332 e. The third-order valence-electron chi connectivity index (χ3n) is 5.86. The van der Waals surface area contributed by atoms with Gasteiger partial charge in [-0.15, -0.1) is 0 Å². The van der Waals surface area contributed by atoms with Crippen LogP contribution in [0.15, 0.2) is 44.7 Å². The molecule has 3 heterocycles. The minimum Gasteiger partial charge on any atom is -0.494 e. The average Bonchev–Trinajstić information content (AvgIpc) is 3.19. The van der Waals surface area contributed by atoms with Gasteiger partial charge in [-0.25, -0.2) is 9.20 Å². The normalized spacial score (nSPS) is 11.8. The number of hydrogen-bond donors (Lipinski definition) is 1. The number of fused-ring (bicyclic) bond motifs is 3. The van der Waals surface area contributed by atoms with Crippen molar-refractivity contribution in [3.8, 4) is 5.88 Å². The number of aromatic nitrogens is 5. The Labute approximate surface area is 190 Å². The zero-order valence-corrected chi connectivity index (χ0v) is 19.4. The van der Waals surface area contributed by atoms with Gasteiger partial charge in [0.05, 0.1) is 5.56 Å². The lowest BCUT2D eigenvalue weighted by Crippen LogP contribution is -2.39. The number of unbranched alkanes of at least 4 members (excludes halogenated alkanes) is 1. The molecule has 3 aromatic heterocycles. The Kier molecular flexibility index (Phi) is 5.97. The van der Waals surface area contributed by atoms with Crippen molar-refractivity contribution < 1.29 is 5.11 Å². The van der Waals surface area contributed by atoms with Gasteiger partial charge in [0.2, 0.25) is 11.7 Å². The van der Waals surface area contributed by atoms with Crippen LogP contribution in [0.25, 0.3) is 16.9 Å². The molecule has 1 aromatic carbocycles. The molecule has 0 radical (unpaired) electrons. The zero-order valence-electron chi connectivity index (χ0n) is 19.4. The standard InChI is InChI=1S/C24H29N5O4/c1-5-6-12-27-20(30)17(13-16-10-8-7-9-11-16)21(31)29-18-19(25-23(27)29)28(14-15(2)3)24(33)26(4)22(18)32/h7-11,15,31H,5-6,12-14H2,1-4H3. The summed E-state index contributed by atoms with van der Waals surface area (Å²) >= 11 is 0. The highest BCUT2D eigenvalue weighted by Gasteiger charge is 2.25. The monoisotopic (exact) mass is 451 g/mol. The predicted octanol–water partition coefficient (Wildman–Crippen LogP) is 2.26. The quantitative estimate of drug-likeness (QED) is 0.464. The van der Waals surface area contributed by atoms with Crippen LogP contribution in [0.4, 0.5) is 0 Å². The van der Waals surface area contributed by atoms with Gasteiger partial charge in [0.25, 0.3) is 11.1 Å². The van der Waals surface area contributed by atoms with E-state index in [1.54, 1.807) is 0 Å². The minimum absolute atomic E-state index is 0.0878. The van der Waals surface area contributed by atoms with E-state index >= 15 is 0 Å². The molecular weight excluding hydrogens is 422 g/mol. The molecule has 0 bridgehead atoms. The van der Waals surface area contributed by atoms with Crippen LogP contribution in [-0.2, 0) is 26.6 Å². The van der Waals surface area contributed by atoms with Crippen LogP contribution in [0.5, 0.6) is 5.88 Å². The number of aryl methyl sites for hydroxylation is 1. The number of imidazole rings is 1. The molecule has 0 saturated heterocycles. The number of rotatable bonds is 7. The molecule has 0 saturated carbocycles. The second-order valence-corrected chi connectivity index (χ2v) is 8.85. The van der Waals surface area contributed by atoms with E-state index in [-0.39, 0.29) is 46.3 Å². The summed E-state index contributed by atoms with van der Waals surface area (Å²) < 4.78 is 5.31. The predicted molar refractivity (Wildman–Crippen MR) is 127 cm³/mol. The van der Waals surface area contributed by atoms with Crippen molar-refractivity contribution in [1.82, 2.24) is 23.1 Å². The molecule has 9 nitrogen and oxygen atoms in total. The first-order valence-corrected chi connectivity index (χ1v) is 11.3. The van der Waals surface area contributed by atoms with Crippen LogP contribution in [0.1, 0.15) is 44.7 Å². The van der Waals surface area contributed by atoms with Crippen molar-refractivity contribution in [3.05, 3.63) is 72.7 Å². The zero-order chi connectivity index (χ0) is 23.9. The summed E-state index contributed by atoms with van der Waals surface area (Å²) in [7, 11) is 1.41. The molecule has 174 valence electrons. The van der Waals surface area contributed by atoms with Crippen LogP contribution >= 0.6 is 0 Å². The Hall–Kier alpha value is -3.62. The Balaban J connectivity index is 2.15. The Bertz CT molecular complexity index is 1510. The van der Waals surface area contributed by atoms with Gasteiger partial charge >= 0.3 is 5.69 Å². The largest absolute Gasteiger partial charge is 0.494 e. The first-order chi connectivity index (χ1) is 15.8. The molecule has 0 atom stereocenters. The van der Waals surface area contributed by atoms with Crippen LogP contribution in [0.2, 0.25) is 0 Å². The Morgan fingerprint density at radius 2 is 1.73 bits per heavy atom. The molecule has 0 aliphatic rings. The second-order valence-electron chi connectivity index (χ2n) is 8.85. The maximum absolute atomic E-state index is 13.5. The van der Waals surface area contributed by atoms with E-state index in [4.69, 9.17) is 0 Å². The molecule has 0 spiro atoms. The van der Waals surface area contributed by atoms with Crippen LogP contribution < -0.4 is 16.8 Å². The fourth-order valence-electron chi connectivity index (χ4n) is 4.16. The number of hydrogen-bond acceptors (Lipinski definition) is 5. The molecule has 9 heteroatoms. The fourth-order valence-corrected chi connectivity index (χ4v) is 4.16. The summed E-state index contributed by atoms with van der Waals surface area (Å²) in [5.41, 5.74) is -0.0751. The highest BCUT2D eigenvalue weighted by molar-refractivity contribution is 5.76. The summed E-state index contributed by atoms with van der Waals surface area (Å²) in [4.78, 5) is 44.1. The first kappa shape index (κ1) is 22.6. The molecule has 0 aliphatic heterocycles. The molecule has 33 heavy (non-hydrogen) atoms. The molecule has 0 aliphatic carbocycles. The molecule has 1 N–H and O–H groups in total. The van der Waals surface area contributed by atoms with Crippen molar-refractivity contribution in [2.24, 2.45) is 13.0 Å². The summed E-state index contributed by atoms with van der Waals surface area (Å²) in [5, 5.41) is 11.3. The van der Waals surface area contributed by atoms with Gasteiger partial charge in [0, 0.05) is 26.6 Å². The van der Waals surface area contributed by atoms with Gasteiger partial charge in [0.15, 0.2) is 11.2 Å². The third kappa shape index (κ3) is 3.77. The topological polar surface area (TPSA) is 104 Å². The number of aromatic hydroxyl groups is 1. The van der Waals surface area contributed by atoms with E-state index < -0.39 is 11.2 Å². The molecular formula is C24H29N5O4. The van der Waals surface area contributed by atoms with Crippen molar-refractivity contribution >= 4 is 16.9 Å². The first-order valence-electron chi connectivity index (χ1n) is 11.3. The molecule has 0 amide bonds. The smallest absolute Gasteiger partial charge is 0.332 e. The molecule has 4 aromatic rings. The Morgan fingerprint density at radius 3 is 2.36 bits per heavy atom. The highest BCUT2D eigenvalue weighted by atomic mass is 16.3. The van der Waals surface area contributed by atoms with E-state index in [2.05, 4.69) is 4.98 Å². The molecule has 0 unspecified atom stereocenters. The maximum atomic E-state index is 13.5. The summed E-state index contributed by atoms with van der Waals surface area (Å²) in [6, 6.07) is 9.38. The minimum atomic E-state index is -0.566. The highest BCUT2D eigenvalue weighted by Crippen LogP contribution is 2.24. The SMILES string of the molecule is CCCCn1c(=O)c(Cc2ccccc2)c(O)n2c3c(=O)n(C)c(=O)n(CC(C)C)c3nc12. The lowest BCUT2D eigenvalue weighted by atomic mass is 10.1. The van der Waals surface area contributed by atoms with Gasteiger partial charge in [-0.2, -0.15) is 4.98 Å². The van der Waals surface area contributed by atoms with Crippen molar-refractivity contribution in [3.63, 3.8) is 0 Å². The van der Waals surface area contributed by atoms with Crippen molar-refractivity contribution in [1.29, 1.82) is 0 Å².